The van der Waals surface area contributed by atoms with Crippen LogP contribution in [0.2, 0.25) is 0 Å². The summed E-state index contributed by atoms with van der Waals surface area (Å²) in [5.41, 5.74) is 4.47. The van der Waals surface area contributed by atoms with E-state index < -0.39 is 30.3 Å². The van der Waals surface area contributed by atoms with E-state index in [4.69, 9.17) is 10.5 Å². The maximum atomic E-state index is 12.7. The summed E-state index contributed by atoms with van der Waals surface area (Å²) in [6.07, 6.45) is -5.03. The Kier molecular flexibility index (Phi) is 5.98. The summed E-state index contributed by atoms with van der Waals surface area (Å²) in [7, 11) is 1.48. The number of ether oxygens (including phenoxy) is 1. The van der Waals surface area contributed by atoms with Gasteiger partial charge in [-0.3, -0.25) is 0 Å². The molecule has 0 aromatic rings. The van der Waals surface area contributed by atoms with E-state index in [0.717, 1.165) is 6.08 Å². The molecule has 1 atom stereocenters. The molecule has 1 unspecified atom stereocenters. The van der Waals surface area contributed by atoms with Gasteiger partial charge >= 0.3 is 12.3 Å². The highest BCUT2D eigenvalue weighted by molar-refractivity contribution is 5.68. The van der Waals surface area contributed by atoms with Gasteiger partial charge in [-0.25, -0.2) is 4.79 Å². The van der Waals surface area contributed by atoms with Crippen LogP contribution < -0.4 is 16.4 Å². The fraction of sp³-hybridized carbons (Fsp3) is 0.727. The van der Waals surface area contributed by atoms with Gasteiger partial charge in [0.2, 0.25) is 0 Å². The fourth-order valence-corrected chi connectivity index (χ4v) is 1.07. The molecular formula is C11H20F3N3O2. The van der Waals surface area contributed by atoms with Crippen LogP contribution >= 0.6 is 0 Å². The molecule has 112 valence electrons. The van der Waals surface area contributed by atoms with Gasteiger partial charge in [0.1, 0.15) is 11.6 Å². The highest BCUT2D eigenvalue weighted by atomic mass is 19.4. The third kappa shape index (κ3) is 8.17. The molecule has 0 aliphatic rings. The van der Waals surface area contributed by atoms with E-state index in [-0.39, 0.29) is 5.82 Å². The molecule has 0 saturated carbocycles. The zero-order valence-electron chi connectivity index (χ0n) is 11.4. The summed E-state index contributed by atoms with van der Waals surface area (Å²) in [6.45, 7) is 4.69. The molecule has 19 heavy (non-hydrogen) atoms. The topological polar surface area (TPSA) is 76.4 Å². The molecule has 8 heteroatoms. The molecule has 0 aromatic carbocycles. The predicted octanol–water partition coefficient (Wildman–Crippen LogP) is 1.85. The first kappa shape index (κ1) is 17.4. The van der Waals surface area contributed by atoms with Gasteiger partial charge in [-0.05, 0) is 33.3 Å². The normalized spacial score (nSPS) is 14.8. The van der Waals surface area contributed by atoms with E-state index in [2.05, 4.69) is 5.32 Å². The summed E-state index contributed by atoms with van der Waals surface area (Å²) < 4.78 is 42.9. The van der Waals surface area contributed by atoms with Crippen LogP contribution in [0.3, 0.4) is 0 Å². The third-order valence-electron chi connectivity index (χ3n) is 1.95. The van der Waals surface area contributed by atoms with Crippen LogP contribution in [0, 0.1) is 0 Å². The lowest BCUT2D eigenvalue weighted by molar-refractivity contribution is -0.154. The van der Waals surface area contributed by atoms with Gasteiger partial charge in [0.05, 0.1) is 5.82 Å². The lowest BCUT2D eigenvalue weighted by Gasteiger charge is -2.24. The zero-order chi connectivity index (χ0) is 15.3. The Morgan fingerprint density at radius 3 is 2.26 bits per heavy atom. The summed E-state index contributed by atoms with van der Waals surface area (Å²) in [5.74, 6) is 0.0974. The van der Waals surface area contributed by atoms with Gasteiger partial charge in [0, 0.05) is 7.05 Å². The highest BCUT2D eigenvalue weighted by Crippen LogP contribution is 2.23. The van der Waals surface area contributed by atoms with Crippen LogP contribution in [-0.4, -0.2) is 31.0 Å². The summed E-state index contributed by atoms with van der Waals surface area (Å²) >= 11 is 0. The van der Waals surface area contributed by atoms with Crippen LogP contribution in [0.4, 0.5) is 18.0 Å². The number of halogens is 3. The van der Waals surface area contributed by atoms with Gasteiger partial charge < -0.3 is 21.1 Å². The van der Waals surface area contributed by atoms with Crippen molar-refractivity contribution in [1.29, 1.82) is 0 Å². The van der Waals surface area contributed by atoms with Crippen LogP contribution in [0.25, 0.3) is 0 Å². The summed E-state index contributed by atoms with van der Waals surface area (Å²) in [6, 6.07) is -2.05. The van der Waals surface area contributed by atoms with Crippen molar-refractivity contribution in [3.05, 3.63) is 11.9 Å². The second-order valence-corrected chi connectivity index (χ2v) is 4.89. The lowest BCUT2D eigenvalue weighted by Crippen LogP contribution is -2.47. The monoisotopic (exact) mass is 283 g/mol. The molecule has 0 aliphatic heterocycles. The SMILES string of the molecule is CN/C(N)=C\CC(NC(=O)OC(C)(C)C)C(F)(F)F. The van der Waals surface area contributed by atoms with Crippen LogP contribution in [0.15, 0.2) is 11.9 Å². The average molecular weight is 283 g/mol. The van der Waals surface area contributed by atoms with Gasteiger partial charge in [-0.15, -0.1) is 0 Å². The molecule has 4 N–H and O–H groups in total. The number of carbonyl (C=O) groups excluding carboxylic acids is 1. The number of nitrogens with one attached hydrogen (secondary N) is 2. The number of hydrogen-bond donors (Lipinski definition) is 3. The minimum absolute atomic E-state index is 0.0974. The Labute approximate surface area is 110 Å². The smallest absolute Gasteiger partial charge is 0.409 e. The molecule has 0 fully saturated rings. The van der Waals surface area contributed by atoms with E-state index in [1.807, 2.05) is 0 Å². The molecule has 0 heterocycles. The number of hydrogen-bond acceptors (Lipinski definition) is 4. The Hall–Kier alpha value is -1.60. The molecule has 0 bridgehead atoms. The maximum absolute atomic E-state index is 12.7. The van der Waals surface area contributed by atoms with Gasteiger partial charge in [-0.2, -0.15) is 13.2 Å². The number of alkyl halides is 3. The first-order chi connectivity index (χ1) is 8.45. The van der Waals surface area contributed by atoms with E-state index in [9.17, 15) is 18.0 Å². The van der Waals surface area contributed by atoms with Gasteiger partial charge in [0.15, 0.2) is 0 Å². The van der Waals surface area contributed by atoms with Crippen molar-refractivity contribution in [3.63, 3.8) is 0 Å². The Morgan fingerprint density at radius 1 is 1.37 bits per heavy atom. The number of carbonyl (C=O) groups is 1. The lowest BCUT2D eigenvalue weighted by atomic mass is 10.2. The summed E-state index contributed by atoms with van der Waals surface area (Å²) in [4.78, 5) is 11.3. The molecule has 0 saturated heterocycles. The Bertz CT molecular complexity index is 335. The quantitative estimate of drug-likeness (QED) is 0.736. The van der Waals surface area contributed by atoms with Crippen molar-refractivity contribution in [2.24, 2.45) is 5.73 Å². The molecule has 0 aromatic heterocycles. The van der Waals surface area contributed by atoms with Crippen molar-refractivity contribution < 1.29 is 22.7 Å². The van der Waals surface area contributed by atoms with E-state index in [0.29, 0.717) is 0 Å². The van der Waals surface area contributed by atoms with Crippen molar-refractivity contribution in [2.75, 3.05) is 7.05 Å². The van der Waals surface area contributed by atoms with E-state index in [1.54, 1.807) is 26.1 Å². The van der Waals surface area contributed by atoms with Crippen LogP contribution in [-0.2, 0) is 4.74 Å². The third-order valence-corrected chi connectivity index (χ3v) is 1.95. The average Bonchev–Trinajstić information content (AvgIpc) is 2.19. The molecule has 1 amide bonds. The summed E-state index contributed by atoms with van der Waals surface area (Å²) in [5, 5.41) is 4.27. The second-order valence-electron chi connectivity index (χ2n) is 4.89. The van der Waals surface area contributed by atoms with Crippen LogP contribution in [0.1, 0.15) is 27.2 Å². The molecular weight excluding hydrogens is 263 g/mol. The van der Waals surface area contributed by atoms with Crippen LogP contribution in [0.5, 0.6) is 0 Å². The van der Waals surface area contributed by atoms with E-state index >= 15 is 0 Å². The zero-order valence-corrected chi connectivity index (χ0v) is 11.4. The molecule has 0 aliphatic carbocycles. The molecule has 0 radical (unpaired) electrons. The second kappa shape index (κ2) is 6.53. The Balaban J connectivity index is 4.67. The van der Waals surface area contributed by atoms with Gasteiger partial charge in [-0.1, -0.05) is 0 Å². The number of amides is 1. The van der Waals surface area contributed by atoms with Crippen molar-refractivity contribution >= 4 is 6.09 Å². The van der Waals surface area contributed by atoms with Crippen molar-refractivity contribution in [2.45, 2.75) is 45.0 Å². The molecule has 5 nitrogen and oxygen atoms in total. The fourth-order valence-electron chi connectivity index (χ4n) is 1.07. The van der Waals surface area contributed by atoms with Crippen molar-refractivity contribution in [1.82, 2.24) is 10.6 Å². The first-order valence-corrected chi connectivity index (χ1v) is 5.65. The Morgan fingerprint density at radius 2 is 1.89 bits per heavy atom. The number of rotatable bonds is 4. The minimum atomic E-state index is -4.58. The predicted molar refractivity (Wildman–Crippen MR) is 65.2 cm³/mol. The minimum Gasteiger partial charge on any atom is -0.444 e. The van der Waals surface area contributed by atoms with Crippen molar-refractivity contribution in [3.8, 4) is 0 Å². The molecule has 0 spiro atoms. The number of alkyl carbamates (subject to hydrolysis) is 1. The number of nitrogens with two attached hydrogens (primary N) is 1. The molecule has 0 rings (SSSR count). The highest BCUT2D eigenvalue weighted by Gasteiger charge is 2.40. The largest absolute Gasteiger partial charge is 0.444 e. The van der Waals surface area contributed by atoms with Gasteiger partial charge in [0.25, 0.3) is 0 Å². The first-order valence-electron chi connectivity index (χ1n) is 5.65. The van der Waals surface area contributed by atoms with E-state index in [1.165, 1.54) is 7.05 Å². The maximum Gasteiger partial charge on any atom is 0.409 e. The standard InChI is InChI=1S/C11H20F3N3O2/c1-10(2,3)19-9(18)17-7(11(12,13)14)5-6-8(15)16-4/h6-7,16H,5,15H2,1-4H3,(H,17,18)/b8-6-.